The first-order valence-corrected chi connectivity index (χ1v) is 10.2. The second-order valence-corrected chi connectivity index (χ2v) is 8.79. The van der Waals surface area contributed by atoms with Crippen LogP contribution in [0.15, 0.2) is 18.2 Å². The summed E-state index contributed by atoms with van der Waals surface area (Å²) in [5.41, 5.74) is 2.51. The number of methoxy groups -OCH3 is 1. The topological polar surface area (TPSA) is 38.8 Å². The maximum absolute atomic E-state index is 13.2. The molecule has 1 aromatic carbocycles. The van der Waals surface area contributed by atoms with Gasteiger partial charge >= 0.3 is 0 Å². The van der Waals surface area contributed by atoms with Crippen LogP contribution in [0.2, 0.25) is 0 Å². The number of hydrogen-bond acceptors (Lipinski definition) is 3. The average Bonchev–Trinajstić information content (AvgIpc) is 2.59. The summed E-state index contributed by atoms with van der Waals surface area (Å²) >= 11 is 0. The molecule has 0 aromatic heterocycles. The van der Waals surface area contributed by atoms with Crippen molar-refractivity contribution in [3.8, 4) is 5.75 Å². The molecule has 1 saturated carbocycles. The van der Waals surface area contributed by atoms with Gasteiger partial charge in [-0.25, -0.2) is 0 Å². The van der Waals surface area contributed by atoms with Crippen molar-refractivity contribution in [1.29, 1.82) is 0 Å². The summed E-state index contributed by atoms with van der Waals surface area (Å²) < 4.78 is 12.1. The molecule has 4 nitrogen and oxygen atoms in total. The number of fused-ring (bicyclic) bond motifs is 1. The number of carbonyl (C=O) groups excluding carboxylic acids is 1. The highest BCUT2D eigenvalue weighted by atomic mass is 16.5. The van der Waals surface area contributed by atoms with Gasteiger partial charge in [0.25, 0.3) is 0 Å². The summed E-state index contributed by atoms with van der Waals surface area (Å²) in [6.45, 7) is 3.95. The molecule has 2 aliphatic carbocycles. The highest BCUT2D eigenvalue weighted by Gasteiger charge is 2.63. The molecule has 0 N–H and O–H groups in total. The Labute approximate surface area is 155 Å². The number of benzene rings is 1. The first kappa shape index (κ1) is 16.6. The Kier molecular flexibility index (Phi) is 3.66. The van der Waals surface area contributed by atoms with E-state index in [-0.39, 0.29) is 23.0 Å². The molecule has 4 aliphatic rings. The second-order valence-electron chi connectivity index (χ2n) is 8.79. The van der Waals surface area contributed by atoms with Crippen molar-refractivity contribution in [2.45, 2.75) is 68.9 Å². The molecule has 4 heteroatoms. The number of nitrogens with zero attached hydrogens (tertiary/aromatic N) is 1. The number of hydrogen-bond donors (Lipinski definition) is 0. The quantitative estimate of drug-likeness (QED) is 0.815. The minimum atomic E-state index is -0.289. The molecule has 26 heavy (non-hydrogen) atoms. The lowest BCUT2D eigenvalue weighted by molar-refractivity contribution is -0.203. The summed E-state index contributed by atoms with van der Waals surface area (Å²) in [6, 6.07) is 6.68. The lowest BCUT2D eigenvalue weighted by Crippen LogP contribution is -2.73. The maximum atomic E-state index is 13.2. The van der Waals surface area contributed by atoms with E-state index < -0.39 is 0 Å². The van der Waals surface area contributed by atoms with E-state index in [2.05, 4.69) is 30.0 Å². The normalized spacial score (nSPS) is 35.9. The third-order valence-corrected chi connectivity index (χ3v) is 7.87. The van der Waals surface area contributed by atoms with Crippen molar-refractivity contribution in [3.63, 3.8) is 0 Å². The third kappa shape index (κ3) is 2.02. The standard InChI is InChI=1S/C22H29NO3/c1-21-19-13-16-7-8-17(25-2)14-18(16)22(21,9-4-12-26-21)10-11-23(19)20(24)15-5-3-6-15/h7-8,14-15,19H,3-6,9-13H2,1-2H3/t19-,21+,22+/m1/s1. The number of piperidine rings is 1. The van der Waals surface area contributed by atoms with Crippen molar-refractivity contribution in [2.75, 3.05) is 20.3 Å². The summed E-state index contributed by atoms with van der Waals surface area (Å²) in [4.78, 5) is 15.4. The van der Waals surface area contributed by atoms with Gasteiger partial charge in [-0.05, 0) is 68.7 Å². The zero-order chi connectivity index (χ0) is 17.9. The van der Waals surface area contributed by atoms with Crippen LogP contribution >= 0.6 is 0 Å². The summed E-state index contributed by atoms with van der Waals surface area (Å²) in [7, 11) is 1.74. The van der Waals surface area contributed by atoms with E-state index in [9.17, 15) is 4.79 Å². The fourth-order valence-electron chi connectivity index (χ4n) is 6.11. The molecule has 1 amide bonds. The van der Waals surface area contributed by atoms with E-state index in [0.29, 0.717) is 5.91 Å². The Morgan fingerprint density at radius 1 is 1.27 bits per heavy atom. The number of amides is 1. The van der Waals surface area contributed by atoms with Crippen LogP contribution in [0.5, 0.6) is 5.75 Å². The molecule has 5 rings (SSSR count). The van der Waals surface area contributed by atoms with Crippen LogP contribution < -0.4 is 4.74 Å². The predicted molar refractivity (Wildman–Crippen MR) is 99.4 cm³/mol. The molecule has 3 atom stereocenters. The van der Waals surface area contributed by atoms with Crippen molar-refractivity contribution < 1.29 is 14.3 Å². The first-order chi connectivity index (χ1) is 12.6. The van der Waals surface area contributed by atoms with E-state index in [1.807, 2.05) is 0 Å². The Balaban J connectivity index is 1.61. The van der Waals surface area contributed by atoms with E-state index in [4.69, 9.17) is 9.47 Å². The van der Waals surface area contributed by atoms with E-state index >= 15 is 0 Å². The number of rotatable bonds is 2. The van der Waals surface area contributed by atoms with E-state index in [0.717, 1.165) is 57.4 Å². The predicted octanol–water partition coefficient (Wildman–Crippen LogP) is 3.46. The Bertz CT molecular complexity index is 743. The highest BCUT2D eigenvalue weighted by Crippen LogP contribution is 2.58. The molecule has 3 fully saturated rings. The van der Waals surface area contributed by atoms with Crippen LogP contribution in [0.25, 0.3) is 0 Å². The molecule has 2 aliphatic heterocycles. The molecule has 2 bridgehead atoms. The van der Waals surface area contributed by atoms with Crippen molar-refractivity contribution >= 4 is 5.91 Å². The van der Waals surface area contributed by atoms with Gasteiger partial charge in [0.2, 0.25) is 5.91 Å². The first-order valence-electron chi connectivity index (χ1n) is 10.2. The third-order valence-electron chi connectivity index (χ3n) is 7.87. The van der Waals surface area contributed by atoms with Gasteiger partial charge in [-0.1, -0.05) is 12.5 Å². The van der Waals surface area contributed by atoms with Gasteiger partial charge in [-0.2, -0.15) is 0 Å². The number of ether oxygens (including phenoxy) is 2. The summed E-state index contributed by atoms with van der Waals surface area (Å²) in [5, 5.41) is 0. The Hall–Kier alpha value is -1.55. The van der Waals surface area contributed by atoms with Crippen LogP contribution in [0.3, 0.4) is 0 Å². The van der Waals surface area contributed by atoms with Gasteiger partial charge in [0.05, 0.1) is 18.8 Å². The Morgan fingerprint density at radius 2 is 2.12 bits per heavy atom. The average molecular weight is 355 g/mol. The van der Waals surface area contributed by atoms with Gasteiger partial charge in [-0.3, -0.25) is 4.79 Å². The van der Waals surface area contributed by atoms with E-state index in [1.54, 1.807) is 7.11 Å². The fraction of sp³-hybridized carbons (Fsp3) is 0.682. The van der Waals surface area contributed by atoms with Gasteiger partial charge in [0, 0.05) is 24.5 Å². The smallest absolute Gasteiger partial charge is 0.226 e. The molecule has 0 radical (unpaired) electrons. The van der Waals surface area contributed by atoms with Crippen LogP contribution in [0, 0.1) is 5.92 Å². The van der Waals surface area contributed by atoms with Gasteiger partial charge < -0.3 is 14.4 Å². The lowest BCUT2D eigenvalue weighted by Gasteiger charge is -2.64. The Morgan fingerprint density at radius 3 is 2.85 bits per heavy atom. The van der Waals surface area contributed by atoms with Crippen molar-refractivity contribution in [1.82, 2.24) is 4.90 Å². The fourth-order valence-corrected chi connectivity index (χ4v) is 6.11. The SMILES string of the molecule is COc1ccc2c(c1)[C@@]13CCCO[C@@]1(C)[C@@H](C2)N(C(=O)C1CCC1)CC3. The van der Waals surface area contributed by atoms with Crippen molar-refractivity contribution in [2.24, 2.45) is 5.92 Å². The largest absolute Gasteiger partial charge is 0.497 e. The van der Waals surface area contributed by atoms with Gasteiger partial charge in [0.15, 0.2) is 0 Å². The number of likely N-dealkylation sites (tertiary alicyclic amines) is 1. The van der Waals surface area contributed by atoms with Crippen LogP contribution in [0.1, 0.15) is 56.6 Å². The van der Waals surface area contributed by atoms with Crippen LogP contribution in [-0.4, -0.2) is 42.7 Å². The summed E-state index contributed by atoms with van der Waals surface area (Å²) in [5.74, 6) is 1.56. The van der Waals surface area contributed by atoms with Crippen LogP contribution in [-0.2, 0) is 21.4 Å². The molecule has 2 saturated heterocycles. The maximum Gasteiger partial charge on any atom is 0.226 e. The van der Waals surface area contributed by atoms with Gasteiger partial charge in [0.1, 0.15) is 5.75 Å². The van der Waals surface area contributed by atoms with Gasteiger partial charge in [-0.15, -0.1) is 0 Å². The monoisotopic (exact) mass is 355 g/mol. The second kappa shape index (κ2) is 5.72. The molecular formula is C22H29NO3. The molecule has 0 spiro atoms. The van der Waals surface area contributed by atoms with Crippen LogP contribution in [0.4, 0.5) is 0 Å². The molecule has 2 heterocycles. The molecule has 140 valence electrons. The molecule has 1 aromatic rings. The summed E-state index contributed by atoms with van der Waals surface area (Å²) in [6.07, 6.45) is 7.47. The lowest BCUT2D eigenvalue weighted by atomic mass is 9.52. The molecule has 0 unspecified atom stereocenters. The highest BCUT2D eigenvalue weighted by molar-refractivity contribution is 5.80. The minimum Gasteiger partial charge on any atom is -0.497 e. The molecular weight excluding hydrogens is 326 g/mol. The zero-order valence-electron chi connectivity index (χ0n) is 15.9. The minimum absolute atomic E-state index is 0.00837. The van der Waals surface area contributed by atoms with Crippen molar-refractivity contribution in [3.05, 3.63) is 29.3 Å². The number of carbonyl (C=O) groups is 1. The zero-order valence-corrected chi connectivity index (χ0v) is 15.9. The van der Waals surface area contributed by atoms with E-state index in [1.165, 1.54) is 17.5 Å².